The molecule has 100 valence electrons. The molecule has 1 unspecified atom stereocenters. The summed E-state index contributed by atoms with van der Waals surface area (Å²) in [5.41, 5.74) is 2.95. The Labute approximate surface area is 118 Å². The number of hydrogen-bond acceptors (Lipinski definition) is 4. The van der Waals surface area contributed by atoms with Crippen LogP contribution in [0.2, 0.25) is 0 Å². The second-order valence-electron chi connectivity index (χ2n) is 5.10. The van der Waals surface area contributed by atoms with Crippen molar-refractivity contribution in [3.8, 4) is 0 Å². The first kappa shape index (κ1) is 12.8. The van der Waals surface area contributed by atoms with E-state index >= 15 is 0 Å². The Morgan fingerprint density at radius 1 is 1.26 bits per heavy atom. The van der Waals surface area contributed by atoms with Crippen molar-refractivity contribution in [2.75, 3.05) is 7.05 Å². The molecule has 2 aromatic rings. The molecular formula is C15H19N3S. The molecule has 1 aliphatic carbocycles. The highest BCUT2D eigenvalue weighted by atomic mass is 32.1. The van der Waals surface area contributed by atoms with Gasteiger partial charge in [-0.25, -0.2) is 0 Å². The van der Waals surface area contributed by atoms with Crippen LogP contribution in [0.25, 0.3) is 0 Å². The summed E-state index contributed by atoms with van der Waals surface area (Å²) < 4.78 is 0. The average molecular weight is 273 g/mol. The summed E-state index contributed by atoms with van der Waals surface area (Å²) in [6, 6.07) is 9.07. The number of nitrogens with one attached hydrogen (secondary N) is 1. The minimum atomic E-state index is 0.343. The molecule has 0 amide bonds. The molecular weight excluding hydrogens is 254 g/mol. The van der Waals surface area contributed by atoms with Crippen LogP contribution in [0, 0.1) is 0 Å². The van der Waals surface area contributed by atoms with E-state index in [2.05, 4.69) is 46.7 Å². The largest absolute Gasteiger partial charge is 0.311 e. The fourth-order valence-corrected chi connectivity index (χ4v) is 3.93. The van der Waals surface area contributed by atoms with Crippen LogP contribution in [0.1, 0.15) is 46.4 Å². The third kappa shape index (κ3) is 2.42. The summed E-state index contributed by atoms with van der Waals surface area (Å²) in [5.74, 6) is 0.526. The highest BCUT2D eigenvalue weighted by Crippen LogP contribution is 2.36. The van der Waals surface area contributed by atoms with Gasteiger partial charge in [0.05, 0.1) is 6.04 Å². The Morgan fingerprint density at radius 2 is 1.95 bits per heavy atom. The van der Waals surface area contributed by atoms with Crippen molar-refractivity contribution < 1.29 is 0 Å². The lowest BCUT2D eigenvalue weighted by Crippen LogP contribution is -2.14. The number of hydrogen-bond donors (Lipinski definition) is 1. The second kappa shape index (κ2) is 5.39. The van der Waals surface area contributed by atoms with Gasteiger partial charge >= 0.3 is 0 Å². The summed E-state index contributed by atoms with van der Waals surface area (Å²) in [7, 11) is 1.99. The minimum absolute atomic E-state index is 0.343. The summed E-state index contributed by atoms with van der Waals surface area (Å²) >= 11 is 1.77. The third-order valence-corrected chi connectivity index (χ3v) is 5.11. The molecule has 0 bridgehead atoms. The zero-order chi connectivity index (χ0) is 13.2. The van der Waals surface area contributed by atoms with Gasteiger partial charge < -0.3 is 5.32 Å². The standard InChI is InChI=1S/C15H19N3S/c1-3-13(16-2)15-18-17-14(19-15)12-8-10-6-4-5-7-11(10)9-12/h4-7,12-13,16H,3,8-9H2,1-2H3. The van der Waals surface area contributed by atoms with Gasteiger partial charge in [-0.1, -0.05) is 42.5 Å². The maximum Gasteiger partial charge on any atom is 0.134 e. The summed E-state index contributed by atoms with van der Waals surface area (Å²) in [6.45, 7) is 2.17. The van der Waals surface area contributed by atoms with Crippen molar-refractivity contribution in [1.29, 1.82) is 0 Å². The van der Waals surface area contributed by atoms with Gasteiger partial charge in [-0.2, -0.15) is 0 Å². The zero-order valence-electron chi connectivity index (χ0n) is 11.4. The molecule has 1 heterocycles. The smallest absolute Gasteiger partial charge is 0.134 e. The van der Waals surface area contributed by atoms with Crippen LogP contribution >= 0.6 is 11.3 Å². The number of nitrogens with zero attached hydrogens (tertiary/aromatic N) is 2. The Kier molecular flexibility index (Phi) is 3.62. The molecule has 0 saturated carbocycles. The fraction of sp³-hybridized carbons (Fsp3) is 0.467. The van der Waals surface area contributed by atoms with Gasteiger partial charge in [0.25, 0.3) is 0 Å². The van der Waals surface area contributed by atoms with Crippen LogP contribution in [-0.2, 0) is 12.8 Å². The quantitative estimate of drug-likeness (QED) is 0.930. The second-order valence-corrected chi connectivity index (χ2v) is 6.14. The fourth-order valence-electron chi connectivity index (χ4n) is 2.79. The van der Waals surface area contributed by atoms with Crippen molar-refractivity contribution in [3.63, 3.8) is 0 Å². The predicted molar refractivity (Wildman–Crippen MR) is 78.6 cm³/mol. The Balaban J connectivity index is 1.79. The van der Waals surface area contributed by atoms with E-state index in [4.69, 9.17) is 0 Å². The van der Waals surface area contributed by atoms with Crippen LogP contribution in [0.15, 0.2) is 24.3 Å². The first-order chi connectivity index (χ1) is 9.31. The Bertz CT molecular complexity index is 535. The average Bonchev–Trinajstić information content (AvgIpc) is 3.06. The third-order valence-electron chi connectivity index (χ3n) is 3.91. The topological polar surface area (TPSA) is 37.8 Å². The number of benzene rings is 1. The first-order valence-corrected chi connectivity index (χ1v) is 7.70. The highest BCUT2D eigenvalue weighted by Gasteiger charge is 2.26. The molecule has 0 spiro atoms. The Hall–Kier alpha value is -1.26. The molecule has 1 aromatic carbocycles. The van der Waals surface area contributed by atoms with Gasteiger partial charge in [-0.3, -0.25) is 0 Å². The molecule has 1 aliphatic rings. The molecule has 0 radical (unpaired) electrons. The monoisotopic (exact) mass is 273 g/mol. The van der Waals surface area contributed by atoms with E-state index in [1.54, 1.807) is 11.3 Å². The maximum atomic E-state index is 4.43. The van der Waals surface area contributed by atoms with Crippen molar-refractivity contribution in [2.45, 2.75) is 38.1 Å². The van der Waals surface area contributed by atoms with Gasteiger partial charge in [-0.05, 0) is 37.4 Å². The van der Waals surface area contributed by atoms with Crippen molar-refractivity contribution in [2.24, 2.45) is 0 Å². The number of fused-ring (bicyclic) bond motifs is 1. The minimum Gasteiger partial charge on any atom is -0.311 e. The molecule has 1 aromatic heterocycles. The van der Waals surface area contributed by atoms with Crippen LogP contribution in [0.3, 0.4) is 0 Å². The van der Waals surface area contributed by atoms with E-state index < -0.39 is 0 Å². The Morgan fingerprint density at radius 3 is 2.53 bits per heavy atom. The summed E-state index contributed by atoms with van der Waals surface area (Å²) in [5, 5.41) is 14.4. The van der Waals surface area contributed by atoms with Gasteiger partial charge in [-0.15, -0.1) is 10.2 Å². The van der Waals surface area contributed by atoms with Crippen molar-refractivity contribution in [3.05, 3.63) is 45.4 Å². The van der Waals surface area contributed by atoms with Crippen LogP contribution < -0.4 is 5.32 Å². The lowest BCUT2D eigenvalue weighted by Gasteiger charge is -2.08. The number of rotatable bonds is 4. The molecule has 3 rings (SSSR count). The van der Waals surface area contributed by atoms with E-state index in [0.717, 1.165) is 24.3 Å². The lowest BCUT2D eigenvalue weighted by molar-refractivity contribution is 0.567. The zero-order valence-corrected chi connectivity index (χ0v) is 12.2. The SMILES string of the molecule is CCC(NC)c1nnc(C2Cc3ccccc3C2)s1. The molecule has 0 aliphatic heterocycles. The van der Waals surface area contributed by atoms with E-state index in [1.165, 1.54) is 16.1 Å². The first-order valence-electron chi connectivity index (χ1n) is 6.89. The molecule has 19 heavy (non-hydrogen) atoms. The maximum absolute atomic E-state index is 4.43. The lowest BCUT2D eigenvalue weighted by atomic mass is 10.1. The summed E-state index contributed by atoms with van der Waals surface area (Å²) in [6.07, 6.45) is 3.28. The van der Waals surface area contributed by atoms with Crippen LogP contribution in [0.4, 0.5) is 0 Å². The van der Waals surface area contributed by atoms with Crippen LogP contribution in [0.5, 0.6) is 0 Å². The van der Waals surface area contributed by atoms with E-state index in [9.17, 15) is 0 Å². The summed E-state index contributed by atoms with van der Waals surface area (Å²) in [4.78, 5) is 0. The molecule has 1 atom stereocenters. The predicted octanol–water partition coefficient (Wildman–Crippen LogP) is 3.09. The van der Waals surface area contributed by atoms with E-state index in [-0.39, 0.29) is 0 Å². The van der Waals surface area contributed by atoms with Gasteiger partial charge in [0.15, 0.2) is 0 Å². The molecule has 4 heteroatoms. The molecule has 0 fully saturated rings. The van der Waals surface area contributed by atoms with Gasteiger partial charge in [0.2, 0.25) is 0 Å². The molecule has 1 N–H and O–H groups in total. The van der Waals surface area contributed by atoms with Gasteiger partial charge in [0.1, 0.15) is 10.0 Å². The van der Waals surface area contributed by atoms with Gasteiger partial charge in [0, 0.05) is 5.92 Å². The molecule has 0 saturated heterocycles. The highest BCUT2D eigenvalue weighted by molar-refractivity contribution is 7.11. The van der Waals surface area contributed by atoms with Crippen molar-refractivity contribution in [1.82, 2.24) is 15.5 Å². The van der Waals surface area contributed by atoms with Crippen molar-refractivity contribution >= 4 is 11.3 Å². The molecule has 3 nitrogen and oxygen atoms in total. The normalized spacial score (nSPS) is 16.5. The van der Waals surface area contributed by atoms with Crippen LogP contribution in [-0.4, -0.2) is 17.2 Å². The van der Waals surface area contributed by atoms with E-state index in [1.807, 2.05) is 7.05 Å². The number of aromatic nitrogens is 2. The van der Waals surface area contributed by atoms with E-state index in [0.29, 0.717) is 12.0 Å².